The van der Waals surface area contributed by atoms with Crippen LogP contribution in [-0.2, 0) is 0 Å². The molecule has 0 bridgehead atoms. The van der Waals surface area contributed by atoms with Gasteiger partial charge in [0.25, 0.3) is 0 Å². The molecule has 0 aliphatic carbocycles. The number of rotatable bonds is 6. The molecule has 3 aromatic rings. The van der Waals surface area contributed by atoms with Crippen molar-refractivity contribution < 1.29 is 30.0 Å². The molecule has 0 aliphatic heterocycles. The molecule has 0 saturated heterocycles. The number of benzene rings is 3. The van der Waals surface area contributed by atoms with Crippen LogP contribution in [-0.4, -0.2) is 32.4 Å². The van der Waals surface area contributed by atoms with E-state index in [1.54, 1.807) is 24.3 Å². The molecule has 3 rings (SSSR count). The molecule has 0 unspecified atom stereocenters. The Morgan fingerprint density at radius 1 is 0.645 bits per heavy atom. The molecule has 0 aromatic heterocycles. The summed E-state index contributed by atoms with van der Waals surface area (Å²) < 4.78 is 0.806. The van der Waals surface area contributed by atoms with Gasteiger partial charge in [0.15, 0.2) is 0 Å². The smallest absolute Gasteiger partial charge is 0.339 e. The monoisotopic (exact) mass is 480 g/mol. The van der Waals surface area contributed by atoms with Crippen molar-refractivity contribution in [2.24, 2.45) is 0 Å². The second-order valence-electron chi connectivity index (χ2n) is 6.61. The van der Waals surface area contributed by atoms with Gasteiger partial charge < -0.3 is 20.4 Å². The summed E-state index contributed by atoms with van der Waals surface area (Å²) in [5.74, 6) is -2.97. The molecule has 0 aliphatic rings. The third-order valence-corrected chi connectivity index (χ3v) is 5.14. The second kappa shape index (κ2) is 9.32. The molecule has 6 nitrogen and oxygen atoms in total. The summed E-state index contributed by atoms with van der Waals surface area (Å²) in [5, 5.41) is 37.4. The summed E-state index contributed by atoms with van der Waals surface area (Å²) in [6.45, 7) is 0. The number of carboxylic acid groups (broad SMARTS) is 2. The van der Waals surface area contributed by atoms with Gasteiger partial charge in [-0.2, -0.15) is 0 Å². The fourth-order valence-corrected chi connectivity index (χ4v) is 3.35. The summed E-state index contributed by atoms with van der Waals surface area (Å²) in [6, 6.07) is 14.3. The van der Waals surface area contributed by atoms with Crippen LogP contribution in [0.25, 0.3) is 24.3 Å². The van der Waals surface area contributed by atoms with Crippen LogP contribution in [0.1, 0.15) is 43.0 Å². The first-order valence-electron chi connectivity index (χ1n) is 9.03. The Labute approximate surface area is 186 Å². The molecule has 31 heavy (non-hydrogen) atoms. The van der Waals surface area contributed by atoms with Gasteiger partial charge in [-0.1, -0.05) is 64.5 Å². The summed E-state index contributed by atoms with van der Waals surface area (Å²) in [4.78, 5) is 22.3. The number of carbonyl (C=O) groups is 2. The lowest BCUT2D eigenvalue weighted by Crippen LogP contribution is -1.96. The molecular formula is C24H17BrO6. The number of hydrogen-bond donors (Lipinski definition) is 4. The number of carboxylic acids is 2. The third-order valence-electron chi connectivity index (χ3n) is 4.45. The quantitative estimate of drug-likeness (QED) is 0.341. The van der Waals surface area contributed by atoms with Crippen molar-refractivity contribution >= 4 is 52.2 Å². The van der Waals surface area contributed by atoms with Crippen LogP contribution >= 0.6 is 15.9 Å². The van der Waals surface area contributed by atoms with Crippen molar-refractivity contribution in [1.29, 1.82) is 0 Å². The molecule has 3 aromatic carbocycles. The molecule has 4 N–H and O–H groups in total. The maximum Gasteiger partial charge on any atom is 0.339 e. The summed E-state index contributed by atoms with van der Waals surface area (Å²) in [6.07, 6.45) is 7.11. The van der Waals surface area contributed by atoms with Crippen LogP contribution in [0.4, 0.5) is 0 Å². The van der Waals surface area contributed by atoms with E-state index in [9.17, 15) is 19.8 Å². The zero-order valence-corrected chi connectivity index (χ0v) is 17.6. The van der Waals surface area contributed by atoms with Crippen molar-refractivity contribution in [3.63, 3.8) is 0 Å². The minimum absolute atomic E-state index is 0.163. The lowest BCUT2D eigenvalue weighted by Gasteiger charge is -2.03. The van der Waals surface area contributed by atoms with E-state index in [0.717, 1.165) is 15.6 Å². The van der Waals surface area contributed by atoms with Crippen LogP contribution in [0.15, 0.2) is 59.1 Å². The van der Waals surface area contributed by atoms with Crippen LogP contribution in [0.3, 0.4) is 0 Å². The molecule has 0 amide bonds. The maximum absolute atomic E-state index is 11.1. The first-order valence-corrected chi connectivity index (χ1v) is 9.82. The van der Waals surface area contributed by atoms with E-state index >= 15 is 0 Å². The largest absolute Gasteiger partial charge is 0.507 e. The van der Waals surface area contributed by atoms with E-state index in [4.69, 9.17) is 10.2 Å². The summed E-state index contributed by atoms with van der Waals surface area (Å²) in [7, 11) is 0. The molecule has 0 fully saturated rings. The molecule has 0 atom stereocenters. The number of halogens is 1. The molecule has 0 radical (unpaired) electrons. The first kappa shape index (κ1) is 21.9. The minimum atomic E-state index is -1.20. The van der Waals surface area contributed by atoms with E-state index in [1.165, 1.54) is 24.3 Å². The molecule has 0 saturated carbocycles. The van der Waals surface area contributed by atoms with Gasteiger partial charge in [-0.05, 0) is 52.6 Å². The van der Waals surface area contributed by atoms with E-state index in [0.29, 0.717) is 11.1 Å². The van der Waals surface area contributed by atoms with Crippen molar-refractivity contribution in [1.82, 2.24) is 0 Å². The Morgan fingerprint density at radius 2 is 1.06 bits per heavy atom. The Balaban J connectivity index is 1.79. The van der Waals surface area contributed by atoms with Gasteiger partial charge in [-0.3, -0.25) is 0 Å². The standard InChI is InChI=1S/C24H17BrO6/c25-20-13-16(2-1-14-5-9-21(26)18(11-14)23(28)29)4-8-17(20)7-3-15-6-10-22(27)19(12-15)24(30)31/h1-13,26-27H,(H,28,29)(H,30,31)/b2-1+,7-3+. The zero-order chi connectivity index (χ0) is 22.5. The lowest BCUT2D eigenvalue weighted by molar-refractivity contribution is 0.0682. The normalized spacial score (nSPS) is 11.3. The number of hydrogen-bond acceptors (Lipinski definition) is 4. The van der Waals surface area contributed by atoms with Gasteiger partial charge in [-0.15, -0.1) is 0 Å². The Bertz CT molecular complexity index is 1230. The zero-order valence-electron chi connectivity index (χ0n) is 16.0. The number of aromatic hydroxyl groups is 2. The molecule has 7 heteroatoms. The average molecular weight is 481 g/mol. The van der Waals surface area contributed by atoms with Crippen LogP contribution in [0, 0.1) is 0 Å². The highest BCUT2D eigenvalue weighted by atomic mass is 79.9. The predicted octanol–water partition coefficient (Wildman–Crippen LogP) is 5.60. The number of aromatic carboxylic acids is 2. The topological polar surface area (TPSA) is 115 Å². The fourth-order valence-electron chi connectivity index (χ4n) is 2.82. The Morgan fingerprint density at radius 3 is 1.52 bits per heavy atom. The van der Waals surface area contributed by atoms with Gasteiger partial charge in [0.2, 0.25) is 0 Å². The fraction of sp³-hybridized carbons (Fsp3) is 0. The molecule has 0 heterocycles. The molecular weight excluding hydrogens is 464 g/mol. The van der Waals surface area contributed by atoms with E-state index in [-0.39, 0.29) is 22.6 Å². The summed E-state index contributed by atoms with van der Waals surface area (Å²) in [5.41, 5.74) is 2.67. The van der Waals surface area contributed by atoms with Crippen LogP contribution in [0.2, 0.25) is 0 Å². The van der Waals surface area contributed by atoms with Gasteiger partial charge >= 0.3 is 11.9 Å². The maximum atomic E-state index is 11.1. The van der Waals surface area contributed by atoms with E-state index in [1.807, 2.05) is 30.4 Å². The van der Waals surface area contributed by atoms with Crippen molar-refractivity contribution in [2.45, 2.75) is 0 Å². The van der Waals surface area contributed by atoms with Gasteiger partial charge in [0, 0.05) is 4.47 Å². The predicted molar refractivity (Wildman–Crippen MR) is 122 cm³/mol. The third kappa shape index (κ3) is 5.40. The van der Waals surface area contributed by atoms with E-state index in [2.05, 4.69) is 15.9 Å². The highest BCUT2D eigenvalue weighted by molar-refractivity contribution is 9.10. The van der Waals surface area contributed by atoms with E-state index < -0.39 is 11.9 Å². The van der Waals surface area contributed by atoms with Crippen LogP contribution < -0.4 is 0 Å². The van der Waals surface area contributed by atoms with Crippen molar-refractivity contribution in [3.05, 3.63) is 92.5 Å². The molecule has 156 valence electrons. The van der Waals surface area contributed by atoms with Gasteiger partial charge in [0.1, 0.15) is 22.6 Å². The summed E-state index contributed by atoms with van der Waals surface area (Å²) >= 11 is 3.51. The van der Waals surface area contributed by atoms with Crippen molar-refractivity contribution in [2.75, 3.05) is 0 Å². The minimum Gasteiger partial charge on any atom is -0.507 e. The van der Waals surface area contributed by atoms with Crippen molar-refractivity contribution in [3.8, 4) is 11.5 Å². The molecule has 0 spiro atoms. The Kier molecular flexibility index (Phi) is 6.57. The second-order valence-corrected chi connectivity index (χ2v) is 7.47. The number of phenols is 2. The highest BCUT2D eigenvalue weighted by Crippen LogP contribution is 2.25. The average Bonchev–Trinajstić information content (AvgIpc) is 2.73. The highest BCUT2D eigenvalue weighted by Gasteiger charge is 2.10. The SMILES string of the molecule is O=C(O)c1cc(/C=C/c2ccc(/C=C/c3ccc(O)c(C(=O)O)c3)c(Br)c2)ccc1O. The van der Waals surface area contributed by atoms with Crippen LogP contribution in [0.5, 0.6) is 11.5 Å². The van der Waals surface area contributed by atoms with Gasteiger partial charge in [-0.25, -0.2) is 9.59 Å². The first-order chi connectivity index (χ1) is 14.7. The Hall–Kier alpha value is -3.84. The lowest BCUT2D eigenvalue weighted by atomic mass is 10.1. The van der Waals surface area contributed by atoms with Gasteiger partial charge in [0.05, 0.1) is 0 Å².